The molecule has 1 N–H and O–H groups in total. The maximum atomic E-state index is 6.02. The van der Waals surface area contributed by atoms with Gasteiger partial charge in [0, 0.05) is 48.8 Å². The summed E-state index contributed by atoms with van der Waals surface area (Å²) in [4.78, 5) is 1.39. The van der Waals surface area contributed by atoms with Gasteiger partial charge in [-0.3, -0.25) is 4.68 Å². The highest BCUT2D eigenvalue weighted by Crippen LogP contribution is 2.37. The van der Waals surface area contributed by atoms with Gasteiger partial charge in [0.1, 0.15) is 0 Å². The third-order valence-electron chi connectivity index (χ3n) is 4.35. The van der Waals surface area contributed by atoms with Crippen LogP contribution in [0.15, 0.2) is 17.5 Å². The van der Waals surface area contributed by atoms with Gasteiger partial charge in [-0.15, -0.1) is 11.3 Å². The van der Waals surface area contributed by atoms with Crippen LogP contribution in [0.2, 0.25) is 0 Å². The van der Waals surface area contributed by atoms with Crippen molar-refractivity contribution in [3.05, 3.63) is 39.3 Å². The summed E-state index contributed by atoms with van der Waals surface area (Å²) in [5.74, 6) is 0.534. The van der Waals surface area contributed by atoms with E-state index in [1.807, 2.05) is 11.7 Å². The van der Waals surface area contributed by atoms with Gasteiger partial charge in [0.25, 0.3) is 0 Å². The van der Waals surface area contributed by atoms with Crippen LogP contribution in [0, 0.1) is 19.8 Å². The first-order valence-corrected chi connectivity index (χ1v) is 8.39. The lowest BCUT2D eigenvalue weighted by molar-refractivity contribution is 0.0894. The van der Waals surface area contributed by atoms with Gasteiger partial charge in [0.15, 0.2) is 0 Å². The minimum atomic E-state index is 0.189. The Bertz CT molecular complexity index is 591. The van der Waals surface area contributed by atoms with E-state index in [9.17, 15) is 0 Å². The average molecular weight is 305 g/mol. The summed E-state index contributed by atoms with van der Waals surface area (Å²) in [7, 11) is 2.00. The monoisotopic (exact) mass is 305 g/mol. The number of hydrogen-bond acceptors (Lipinski definition) is 4. The average Bonchev–Trinajstić information content (AvgIpc) is 3.15. The fourth-order valence-electron chi connectivity index (χ4n) is 3.16. The molecule has 0 radical (unpaired) electrons. The topological polar surface area (TPSA) is 39.1 Å². The Morgan fingerprint density at radius 2 is 2.33 bits per heavy atom. The van der Waals surface area contributed by atoms with Crippen LogP contribution in [0.1, 0.15) is 34.4 Å². The molecule has 0 bridgehead atoms. The normalized spacial score (nSPS) is 22.0. The molecular formula is C16H23N3OS. The van der Waals surface area contributed by atoms with Crippen molar-refractivity contribution < 1.29 is 4.74 Å². The largest absolute Gasteiger partial charge is 0.373 e. The molecule has 1 fully saturated rings. The van der Waals surface area contributed by atoms with Crippen LogP contribution in [0.5, 0.6) is 0 Å². The van der Waals surface area contributed by atoms with Crippen molar-refractivity contribution in [3.8, 4) is 0 Å². The molecule has 0 amide bonds. The van der Waals surface area contributed by atoms with Crippen LogP contribution in [-0.2, 0) is 18.3 Å². The molecule has 2 unspecified atom stereocenters. The Hall–Kier alpha value is -1.17. The minimum Gasteiger partial charge on any atom is -0.373 e. The Balaban J connectivity index is 1.65. The SMILES string of the molecule is Cc1nn(C)c(C)c1C1OCCC1CNCc1cccs1. The zero-order chi connectivity index (χ0) is 14.8. The molecule has 1 aliphatic rings. The quantitative estimate of drug-likeness (QED) is 0.923. The van der Waals surface area contributed by atoms with Crippen LogP contribution in [0.25, 0.3) is 0 Å². The van der Waals surface area contributed by atoms with Gasteiger partial charge in [-0.1, -0.05) is 6.07 Å². The van der Waals surface area contributed by atoms with Gasteiger partial charge in [-0.05, 0) is 31.7 Å². The molecule has 5 heteroatoms. The van der Waals surface area contributed by atoms with Crippen molar-refractivity contribution in [2.45, 2.75) is 32.9 Å². The Morgan fingerprint density at radius 1 is 1.48 bits per heavy atom. The second-order valence-electron chi connectivity index (χ2n) is 5.76. The predicted octanol–water partition coefficient (Wildman–Crippen LogP) is 2.97. The first kappa shape index (κ1) is 14.8. The second-order valence-corrected chi connectivity index (χ2v) is 6.79. The van der Waals surface area contributed by atoms with Crippen molar-refractivity contribution in [1.82, 2.24) is 15.1 Å². The van der Waals surface area contributed by atoms with Crippen molar-refractivity contribution in [2.75, 3.05) is 13.2 Å². The first-order valence-electron chi connectivity index (χ1n) is 7.51. The molecule has 0 aromatic carbocycles. The number of hydrogen-bond donors (Lipinski definition) is 1. The highest BCUT2D eigenvalue weighted by atomic mass is 32.1. The van der Waals surface area contributed by atoms with Crippen LogP contribution in [0.3, 0.4) is 0 Å². The number of rotatable bonds is 5. The highest BCUT2D eigenvalue weighted by Gasteiger charge is 2.33. The number of nitrogens with one attached hydrogen (secondary N) is 1. The Labute approximate surface area is 130 Å². The minimum absolute atomic E-state index is 0.189. The maximum absolute atomic E-state index is 6.02. The molecule has 21 heavy (non-hydrogen) atoms. The third kappa shape index (κ3) is 3.05. The maximum Gasteiger partial charge on any atom is 0.0901 e. The number of thiophene rings is 1. The zero-order valence-corrected chi connectivity index (χ0v) is 13.7. The predicted molar refractivity (Wildman–Crippen MR) is 85.5 cm³/mol. The van der Waals surface area contributed by atoms with E-state index in [2.05, 4.69) is 41.8 Å². The van der Waals surface area contributed by atoms with Crippen molar-refractivity contribution in [1.29, 1.82) is 0 Å². The lowest BCUT2D eigenvalue weighted by atomic mass is 9.94. The molecule has 0 saturated carbocycles. The van der Waals surface area contributed by atoms with E-state index in [1.165, 1.54) is 16.1 Å². The van der Waals surface area contributed by atoms with Crippen LogP contribution >= 0.6 is 11.3 Å². The van der Waals surface area contributed by atoms with Gasteiger partial charge in [-0.25, -0.2) is 0 Å². The summed E-state index contributed by atoms with van der Waals surface area (Å²) in [5, 5.41) is 10.2. The smallest absolute Gasteiger partial charge is 0.0901 e. The molecule has 0 spiro atoms. The molecule has 1 aliphatic heterocycles. The first-order chi connectivity index (χ1) is 10.2. The molecule has 2 aromatic rings. The molecule has 2 atom stereocenters. The fraction of sp³-hybridized carbons (Fsp3) is 0.562. The summed E-state index contributed by atoms with van der Waals surface area (Å²) < 4.78 is 7.98. The van der Waals surface area contributed by atoms with Crippen LogP contribution in [0.4, 0.5) is 0 Å². The summed E-state index contributed by atoms with van der Waals surface area (Å²) in [6.45, 7) is 7.01. The van der Waals surface area contributed by atoms with E-state index in [1.54, 1.807) is 11.3 Å². The van der Waals surface area contributed by atoms with E-state index in [-0.39, 0.29) is 6.10 Å². The van der Waals surface area contributed by atoms with Crippen molar-refractivity contribution >= 4 is 11.3 Å². The zero-order valence-electron chi connectivity index (χ0n) is 12.9. The van der Waals surface area contributed by atoms with Gasteiger partial charge >= 0.3 is 0 Å². The number of aromatic nitrogens is 2. The van der Waals surface area contributed by atoms with E-state index in [0.29, 0.717) is 5.92 Å². The Kier molecular flexibility index (Phi) is 4.42. The Morgan fingerprint density at radius 3 is 3.00 bits per heavy atom. The standard InChI is InChI=1S/C16H23N3OS/c1-11-15(12(2)19(3)18-11)16-13(6-7-20-16)9-17-10-14-5-4-8-21-14/h4-5,8,13,16-17H,6-7,9-10H2,1-3H3. The van der Waals surface area contributed by atoms with Gasteiger partial charge < -0.3 is 10.1 Å². The van der Waals surface area contributed by atoms with Crippen LogP contribution in [-0.4, -0.2) is 22.9 Å². The van der Waals surface area contributed by atoms with E-state index in [0.717, 1.165) is 31.8 Å². The summed E-state index contributed by atoms with van der Waals surface area (Å²) in [6.07, 6.45) is 1.31. The van der Waals surface area contributed by atoms with E-state index >= 15 is 0 Å². The van der Waals surface area contributed by atoms with Gasteiger partial charge in [-0.2, -0.15) is 5.10 Å². The fourth-order valence-corrected chi connectivity index (χ4v) is 3.83. The molecule has 0 aliphatic carbocycles. The van der Waals surface area contributed by atoms with Crippen molar-refractivity contribution in [2.24, 2.45) is 13.0 Å². The number of nitrogens with zero attached hydrogens (tertiary/aromatic N) is 2. The van der Waals surface area contributed by atoms with Crippen LogP contribution < -0.4 is 5.32 Å². The van der Waals surface area contributed by atoms with Gasteiger partial charge in [0.2, 0.25) is 0 Å². The second kappa shape index (κ2) is 6.30. The van der Waals surface area contributed by atoms with E-state index < -0.39 is 0 Å². The summed E-state index contributed by atoms with van der Waals surface area (Å²) in [6, 6.07) is 4.28. The lowest BCUT2D eigenvalue weighted by Gasteiger charge is -2.19. The van der Waals surface area contributed by atoms with Crippen molar-refractivity contribution in [3.63, 3.8) is 0 Å². The third-order valence-corrected chi connectivity index (χ3v) is 5.23. The molecule has 3 rings (SSSR count). The number of ether oxygens (including phenoxy) is 1. The molecule has 114 valence electrons. The highest BCUT2D eigenvalue weighted by molar-refractivity contribution is 7.09. The van der Waals surface area contributed by atoms with E-state index in [4.69, 9.17) is 4.74 Å². The molecular weight excluding hydrogens is 282 g/mol. The number of aryl methyl sites for hydroxylation is 2. The summed E-state index contributed by atoms with van der Waals surface area (Å²) in [5.41, 5.74) is 3.62. The molecule has 2 aromatic heterocycles. The van der Waals surface area contributed by atoms with Gasteiger partial charge in [0.05, 0.1) is 11.8 Å². The molecule has 4 nitrogen and oxygen atoms in total. The lowest BCUT2D eigenvalue weighted by Crippen LogP contribution is -2.24. The molecule has 1 saturated heterocycles. The molecule has 3 heterocycles. The summed E-state index contributed by atoms with van der Waals surface area (Å²) >= 11 is 1.80.